The molecular formula is C18H27BrN2O2. The van der Waals surface area contributed by atoms with Gasteiger partial charge in [0.25, 0.3) is 0 Å². The van der Waals surface area contributed by atoms with Crippen molar-refractivity contribution in [3.05, 3.63) is 33.8 Å². The van der Waals surface area contributed by atoms with Gasteiger partial charge in [-0.2, -0.15) is 0 Å². The van der Waals surface area contributed by atoms with Crippen molar-refractivity contribution < 1.29 is 9.53 Å². The maximum absolute atomic E-state index is 11.5. The van der Waals surface area contributed by atoms with Crippen LogP contribution in [0.15, 0.2) is 22.7 Å². The number of rotatable bonds is 5. The zero-order chi connectivity index (χ0) is 16.9. The normalized spacial score (nSPS) is 17.5. The lowest BCUT2D eigenvalue weighted by molar-refractivity contribution is 0.0527. The first kappa shape index (κ1) is 18.3. The number of amides is 1. The fourth-order valence-corrected chi connectivity index (χ4v) is 3.21. The Morgan fingerprint density at radius 1 is 1.30 bits per heavy atom. The summed E-state index contributed by atoms with van der Waals surface area (Å²) in [7, 11) is 0. The van der Waals surface area contributed by atoms with E-state index in [1.54, 1.807) is 0 Å². The molecule has 1 aromatic rings. The average Bonchev–Trinajstić information content (AvgIpc) is 2.45. The third-order valence-corrected chi connectivity index (χ3v) is 4.34. The lowest BCUT2D eigenvalue weighted by Crippen LogP contribution is -2.37. The van der Waals surface area contributed by atoms with Gasteiger partial charge in [0.05, 0.1) is 0 Å². The molecule has 4 nitrogen and oxygen atoms in total. The monoisotopic (exact) mass is 382 g/mol. The molecule has 2 N–H and O–H groups in total. The second kappa shape index (κ2) is 8.15. The van der Waals surface area contributed by atoms with Gasteiger partial charge in [0.15, 0.2) is 0 Å². The number of benzene rings is 1. The quantitative estimate of drug-likeness (QED) is 0.761. The standard InChI is InChI=1S/C18H27BrN2O2/c1-18(2,3)23-17(22)21-10-4-9-20-16-8-6-13-11-15(19)7-5-14(13)12-16/h5,7,11,16,20H,4,6,8-10,12H2,1-3H3,(H,21,22). The average molecular weight is 383 g/mol. The fourth-order valence-electron chi connectivity index (χ4n) is 2.80. The first-order chi connectivity index (χ1) is 10.8. The third kappa shape index (κ3) is 6.51. The largest absolute Gasteiger partial charge is 0.444 e. The van der Waals surface area contributed by atoms with E-state index in [4.69, 9.17) is 4.74 Å². The van der Waals surface area contributed by atoms with Crippen molar-refractivity contribution in [3.63, 3.8) is 0 Å². The maximum atomic E-state index is 11.5. The molecule has 1 aliphatic carbocycles. The van der Waals surface area contributed by atoms with Crippen molar-refractivity contribution in [3.8, 4) is 0 Å². The summed E-state index contributed by atoms with van der Waals surface area (Å²) in [6.45, 7) is 7.15. The Hall–Kier alpha value is -1.07. The molecule has 0 saturated carbocycles. The molecule has 0 aromatic heterocycles. The van der Waals surface area contributed by atoms with Crippen LogP contribution in [0.2, 0.25) is 0 Å². The topological polar surface area (TPSA) is 50.4 Å². The highest BCUT2D eigenvalue weighted by Gasteiger charge is 2.18. The lowest BCUT2D eigenvalue weighted by atomic mass is 9.88. The van der Waals surface area contributed by atoms with Crippen LogP contribution >= 0.6 is 15.9 Å². The van der Waals surface area contributed by atoms with Crippen molar-refractivity contribution in [2.75, 3.05) is 13.1 Å². The Morgan fingerprint density at radius 2 is 2.09 bits per heavy atom. The summed E-state index contributed by atoms with van der Waals surface area (Å²) in [5, 5.41) is 6.39. The minimum absolute atomic E-state index is 0.338. The van der Waals surface area contributed by atoms with Crippen LogP contribution in [0.25, 0.3) is 0 Å². The van der Waals surface area contributed by atoms with Crippen molar-refractivity contribution >= 4 is 22.0 Å². The molecule has 1 aromatic carbocycles. The van der Waals surface area contributed by atoms with Gasteiger partial charge >= 0.3 is 6.09 Å². The van der Waals surface area contributed by atoms with Crippen LogP contribution in [-0.4, -0.2) is 30.8 Å². The summed E-state index contributed by atoms with van der Waals surface area (Å²) in [6.07, 6.45) is 3.95. The molecule has 0 fully saturated rings. The summed E-state index contributed by atoms with van der Waals surface area (Å²) < 4.78 is 6.37. The minimum Gasteiger partial charge on any atom is -0.444 e. The van der Waals surface area contributed by atoms with Gasteiger partial charge in [-0.1, -0.05) is 22.0 Å². The summed E-state index contributed by atoms with van der Waals surface area (Å²) in [6, 6.07) is 7.10. The second-order valence-electron chi connectivity index (χ2n) is 7.09. The van der Waals surface area contributed by atoms with E-state index >= 15 is 0 Å². The van der Waals surface area contributed by atoms with E-state index in [0.29, 0.717) is 12.6 Å². The third-order valence-electron chi connectivity index (χ3n) is 3.85. The number of halogens is 1. The maximum Gasteiger partial charge on any atom is 0.407 e. The van der Waals surface area contributed by atoms with Gasteiger partial charge in [0, 0.05) is 17.1 Å². The van der Waals surface area contributed by atoms with Crippen LogP contribution in [0.1, 0.15) is 44.7 Å². The molecule has 1 aliphatic rings. The SMILES string of the molecule is CC(C)(C)OC(=O)NCCCNC1CCc2cc(Br)ccc2C1. The van der Waals surface area contributed by atoms with Crippen LogP contribution < -0.4 is 10.6 Å². The molecule has 1 atom stereocenters. The number of fused-ring (bicyclic) bond motifs is 1. The van der Waals surface area contributed by atoms with Gasteiger partial charge < -0.3 is 15.4 Å². The van der Waals surface area contributed by atoms with Crippen LogP contribution in [0.3, 0.4) is 0 Å². The van der Waals surface area contributed by atoms with Crippen molar-refractivity contribution in [1.82, 2.24) is 10.6 Å². The molecular weight excluding hydrogens is 356 g/mol. The molecule has 23 heavy (non-hydrogen) atoms. The van der Waals surface area contributed by atoms with Crippen LogP contribution in [0.5, 0.6) is 0 Å². The predicted octanol–water partition coefficient (Wildman–Crippen LogP) is 3.81. The number of hydrogen-bond donors (Lipinski definition) is 2. The molecule has 0 heterocycles. The predicted molar refractivity (Wildman–Crippen MR) is 96.8 cm³/mol. The van der Waals surface area contributed by atoms with Gasteiger partial charge in [-0.3, -0.25) is 0 Å². The highest BCUT2D eigenvalue weighted by Crippen LogP contribution is 2.24. The summed E-state index contributed by atoms with van der Waals surface area (Å²) in [4.78, 5) is 11.5. The molecule has 0 bridgehead atoms. The van der Waals surface area contributed by atoms with Gasteiger partial charge in [-0.25, -0.2) is 4.79 Å². The van der Waals surface area contributed by atoms with Crippen LogP contribution in [-0.2, 0) is 17.6 Å². The first-order valence-corrected chi connectivity index (χ1v) is 9.10. The Kier molecular flexibility index (Phi) is 6.48. The Labute approximate surface area is 147 Å². The number of nitrogens with one attached hydrogen (secondary N) is 2. The van der Waals surface area contributed by atoms with Crippen molar-refractivity contribution in [2.24, 2.45) is 0 Å². The Balaban J connectivity index is 1.62. The fraction of sp³-hybridized carbons (Fsp3) is 0.611. The Morgan fingerprint density at radius 3 is 2.83 bits per heavy atom. The number of hydrogen-bond acceptors (Lipinski definition) is 3. The lowest BCUT2D eigenvalue weighted by Gasteiger charge is -2.26. The van der Waals surface area contributed by atoms with Gasteiger partial charge in [-0.15, -0.1) is 0 Å². The molecule has 1 unspecified atom stereocenters. The molecule has 128 valence electrons. The second-order valence-corrected chi connectivity index (χ2v) is 8.00. The van der Waals surface area contributed by atoms with Crippen molar-refractivity contribution in [1.29, 1.82) is 0 Å². The number of aryl methyl sites for hydroxylation is 1. The number of alkyl carbamates (subject to hydrolysis) is 1. The molecule has 5 heteroatoms. The van der Waals surface area contributed by atoms with Gasteiger partial charge in [0.1, 0.15) is 5.60 Å². The zero-order valence-corrected chi connectivity index (χ0v) is 15.8. The van der Waals surface area contributed by atoms with E-state index in [1.807, 2.05) is 20.8 Å². The van der Waals surface area contributed by atoms with E-state index < -0.39 is 5.60 Å². The van der Waals surface area contributed by atoms with E-state index in [0.717, 1.165) is 30.3 Å². The molecule has 0 aliphatic heterocycles. The number of carbonyl (C=O) groups excluding carboxylic acids is 1. The van der Waals surface area contributed by atoms with Crippen LogP contribution in [0.4, 0.5) is 4.79 Å². The van der Waals surface area contributed by atoms with E-state index in [2.05, 4.69) is 44.8 Å². The smallest absolute Gasteiger partial charge is 0.407 e. The summed E-state index contributed by atoms with van der Waals surface area (Å²) in [5.74, 6) is 0. The van der Waals surface area contributed by atoms with Crippen LogP contribution in [0, 0.1) is 0 Å². The van der Waals surface area contributed by atoms with Gasteiger partial charge in [0.2, 0.25) is 0 Å². The van der Waals surface area contributed by atoms with Gasteiger partial charge in [-0.05, 0) is 76.3 Å². The van der Waals surface area contributed by atoms with E-state index in [-0.39, 0.29) is 6.09 Å². The minimum atomic E-state index is -0.438. The first-order valence-electron chi connectivity index (χ1n) is 8.31. The zero-order valence-electron chi connectivity index (χ0n) is 14.2. The highest BCUT2D eigenvalue weighted by atomic mass is 79.9. The Bertz CT molecular complexity index is 540. The molecule has 0 radical (unpaired) electrons. The highest BCUT2D eigenvalue weighted by molar-refractivity contribution is 9.10. The molecule has 0 saturated heterocycles. The molecule has 2 rings (SSSR count). The summed E-state index contributed by atoms with van der Waals surface area (Å²) in [5.41, 5.74) is 2.47. The van der Waals surface area contributed by atoms with Crippen molar-refractivity contribution in [2.45, 2.75) is 58.1 Å². The van der Waals surface area contributed by atoms with E-state index in [9.17, 15) is 4.79 Å². The number of ether oxygens (including phenoxy) is 1. The van der Waals surface area contributed by atoms with E-state index in [1.165, 1.54) is 17.5 Å². The summed E-state index contributed by atoms with van der Waals surface area (Å²) >= 11 is 3.53. The molecule has 1 amide bonds. The molecule has 0 spiro atoms. The number of carbonyl (C=O) groups is 1.